The van der Waals surface area contributed by atoms with E-state index in [1.165, 1.54) is 30.6 Å². The maximum absolute atomic E-state index is 12.7. The first-order chi connectivity index (χ1) is 9.40. The molecule has 0 fully saturated rings. The molecular formula is C11H9F4N3O2. The fourth-order valence-electron chi connectivity index (χ4n) is 1.37. The van der Waals surface area contributed by atoms with Gasteiger partial charge in [0.25, 0.3) is 0 Å². The van der Waals surface area contributed by atoms with Gasteiger partial charge < -0.3 is 4.74 Å². The number of alkyl halides is 4. The number of aromatic amines is 1. The molecule has 1 aromatic heterocycles. The second-order valence-electron chi connectivity index (χ2n) is 3.85. The average molecular weight is 291 g/mol. The van der Waals surface area contributed by atoms with Gasteiger partial charge in [-0.1, -0.05) is 0 Å². The third kappa shape index (κ3) is 2.98. The summed E-state index contributed by atoms with van der Waals surface area (Å²) in [6, 6.07) is 5.33. The van der Waals surface area contributed by atoms with Crippen LogP contribution in [0.2, 0.25) is 0 Å². The molecule has 0 aliphatic carbocycles. The number of hydrogen-bond donors (Lipinski definition) is 1. The van der Waals surface area contributed by atoms with Crippen molar-refractivity contribution in [2.24, 2.45) is 0 Å². The lowest BCUT2D eigenvalue weighted by Crippen LogP contribution is -2.33. The molecule has 0 aliphatic rings. The molecule has 0 saturated heterocycles. The summed E-state index contributed by atoms with van der Waals surface area (Å²) >= 11 is 0. The molecule has 1 aromatic carbocycles. The lowest BCUT2D eigenvalue weighted by atomic mass is 10.3. The minimum atomic E-state index is -4.21. The van der Waals surface area contributed by atoms with E-state index < -0.39 is 24.6 Å². The predicted octanol–water partition coefficient (Wildman–Crippen LogP) is 1.84. The highest BCUT2D eigenvalue weighted by molar-refractivity contribution is 5.36. The van der Waals surface area contributed by atoms with Crippen LogP contribution in [0.1, 0.15) is 0 Å². The van der Waals surface area contributed by atoms with Crippen molar-refractivity contribution in [3.05, 3.63) is 41.1 Å². The van der Waals surface area contributed by atoms with Crippen molar-refractivity contribution in [2.45, 2.75) is 12.3 Å². The van der Waals surface area contributed by atoms with Crippen LogP contribution < -0.4 is 10.4 Å². The number of nitrogens with one attached hydrogen (secondary N) is 1. The maximum Gasteiger partial charge on any atom is 0.347 e. The monoisotopic (exact) mass is 291 g/mol. The number of H-pyrrole nitrogens is 1. The minimum Gasteiger partial charge on any atom is -0.487 e. The standard InChI is InChI=1S/C11H9F4N3O2/c12-9(13)11(14,15)5-20-8-3-1-7(2-4-8)18-10(19)16-6-17-18/h1-4,6,9H,5H2,(H,16,17,19). The molecule has 108 valence electrons. The van der Waals surface area contributed by atoms with Gasteiger partial charge in [0.15, 0.2) is 6.61 Å². The normalized spacial score (nSPS) is 11.8. The number of nitrogens with zero attached hydrogens (tertiary/aromatic N) is 2. The topological polar surface area (TPSA) is 59.9 Å². The molecule has 5 nitrogen and oxygen atoms in total. The summed E-state index contributed by atoms with van der Waals surface area (Å²) in [5.74, 6) is -4.23. The van der Waals surface area contributed by atoms with E-state index >= 15 is 0 Å². The molecule has 20 heavy (non-hydrogen) atoms. The molecule has 9 heteroatoms. The summed E-state index contributed by atoms with van der Waals surface area (Å²) in [4.78, 5) is 13.6. The van der Waals surface area contributed by atoms with Gasteiger partial charge in [0.1, 0.15) is 12.1 Å². The molecule has 1 N–H and O–H groups in total. The average Bonchev–Trinajstić information content (AvgIpc) is 2.83. The van der Waals surface area contributed by atoms with Gasteiger partial charge in [-0.15, -0.1) is 0 Å². The van der Waals surface area contributed by atoms with Crippen molar-refractivity contribution in [1.29, 1.82) is 0 Å². The minimum absolute atomic E-state index is 0.0161. The van der Waals surface area contributed by atoms with E-state index in [4.69, 9.17) is 0 Å². The molecular weight excluding hydrogens is 282 g/mol. The molecule has 0 radical (unpaired) electrons. The quantitative estimate of drug-likeness (QED) is 0.855. The van der Waals surface area contributed by atoms with Gasteiger partial charge in [-0.3, -0.25) is 4.98 Å². The second kappa shape index (κ2) is 5.35. The molecule has 0 aliphatic heterocycles. The zero-order chi connectivity index (χ0) is 14.8. The lowest BCUT2D eigenvalue weighted by Gasteiger charge is -2.15. The number of rotatable bonds is 5. The van der Waals surface area contributed by atoms with E-state index in [9.17, 15) is 22.4 Å². The van der Waals surface area contributed by atoms with Crippen LogP contribution in [-0.4, -0.2) is 33.7 Å². The third-order valence-corrected chi connectivity index (χ3v) is 2.39. The Morgan fingerprint density at radius 2 is 1.95 bits per heavy atom. The number of hydrogen-bond acceptors (Lipinski definition) is 3. The highest BCUT2D eigenvalue weighted by Gasteiger charge is 2.41. The predicted molar refractivity (Wildman–Crippen MR) is 60.6 cm³/mol. The molecule has 1 heterocycles. The van der Waals surface area contributed by atoms with Gasteiger partial charge in [-0.25, -0.2) is 13.6 Å². The number of halogens is 4. The van der Waals surface area contributed by atoms with Crippen LogP contribution in [-0.2, 0) is 0 Å². The first-order valence-corrected chi connectivity index (χ1v) is 5.42. The molecule has 0 atom stereocenters. The Morgan fingerprint density at radius 1 is 1.30 bits per heavy atom. The molecule has 0 unspecified atom stereocenters. The number of ether oxygens (including phenoxy) is 1. The van der Waals surface area contributed by atoms with Gasteiger partial charge in [-0.2, -0.15) is 18.6 Å². The van der Waals surface area contributed by atoms with Crippen LogP contribution in [0.4, 0.5) is 17.6 Å². The summed E-state index contributed by atoms with van der Waals surface area (Å²) in [5, 5.41) is 3.71. The highest BCUT2D eigenvalue weighted by atomic mass is 19.3. The zero-order valence-electron chi connectivity index (χ0n) is 9.89. The van der Waals surface area contributed by atoms with Crippen molar-refractivity contribution in [2.75, 3.05) is 6.61 Å². The summed E-state index contributed by atoms with van der Waals surface area (Å²) in [5.41, 5.74) is -0.0906. The molecule has 0 amide bonds. The van der Waals surface area contributed by atoms with E-state index in [0.29, 0.717) is 5.69 Å². The van der Waals surface area contributed by atoms with Gasteiger partial charge in [0, 0.05) is 0 Å². The van der Waals surface area contributed by atoms with Crippen LogP contribution in [0.5, 0.6) is 5.75 Å². The van der Waals surface area contributed by atoms with E-state index in [0.717, 1.165) is 4.68 Å². The van der Waals surface area contributed by atoms with E-state index in [-0.39, 0.29) is 5.75 Å². The Labute approximate surface area is 109 Å². The fourth-order valence-corrected chi connectivity index (χ4v) is 1.37. The Kier molecular flexibility index (Phi) is 3.77. The summed E-state index contributed by atoms with van der Waals surface area (Å²) < 4.78 is 54.8. The summed E-state index contributed by atoms with van der Waals surface area (Å²) in [6.07, 6.45) is -2.60. The van der Waals surface area contributed by atoms with E-state index in [2.05, 4.69) is 14.8 Å². The molecule has 2 rings (SSSR count). The SMILES string of the molecule is O=c1[nH]cnn1-c1ccc(OCC(F)(F)C(F)F)cc1. The van der Waals surface area contributed by atoms with Gasteiger partial charge in [0.05, 0.1) is 5.69 Å². The summed E-state index contributed by atoms with van der Waals surface area (Å²) in [7, 11) is 0. The van der Waals surface area contributed by atoms with Crippen LogP contribution in [0, 0.1) is 0 Å². The van der Waals surface area contributed by atoms with Crippen LogP contribution >= 0.6 is 0 Å². The van der Waals surface area contributed by atoms with E-state index in [1.54, 1.807) is 0 Å². The van der Waals surface area contributed by atoms with E-state index in [1.807, 2.05) is 0 Å². The van der Waals surface area contributed by atoms with Crippen molar-refractivity contribution < 1.29 is 22.3 Å². The first kappa shape index (κ1) is 14.1. The zero-order valence-corrected chi connectivity index (χ0v) is 9.89. The molecule has 0 saturated carbocycles. The molecule has 2 aromatic rings. The largest absolute Gasteiger partial charge is 0.487 e. The van der Waals surface area contributed by atoms with Gasteiger partial charge in [-0.05, 0) is 24.3 Å². The smallest absolute Gasteiger partial charge is 0.347 e. The number of benzene rings is 1. The second-order valence-corrected chi connectivity index (χ2v) is 3.85. The highest BCUT2D eigenvalue weighted by Crippen LogP contribution is 2.24. The van der Waals surface area contributed by atoms with Gasteiger partial charge >= 0.3 is 18.0 Å². The Balaban J connectivity index is 2.06. The molecule has 0 bridgehead atoms. The Morgan fingerprint density at radius 3 is 2.45 bits per heavy atom. The lowest BCUT2D eigenvalue weighted by molar-refractivity contribution is -0.148. The number of aromatic nitrogens is 3. The van der Waals surface area contributed by atoms with Gasteiger partial charge in [0.2, 0.25) is 0 Å². The summed E-state index contributed by atoms with van der Waals surface area (Å²) in [6.45, 7) is -1.42. The van der Waals surface area contributed by atoms with Crippen molar-refractivity contribution in [3.63, 3.8) is 0 Å². The Bertz CT molecular complexity index is 621. The third-order valence-electron chi connectivity index (χ3n) is 2.39. The van der Waals surface area contributed by atoms with Crippen molar-refractivity contribution >= 4 is 0 Å². The van der Waals surface area contributed by atoms with Crippen LogP contribution in [0.15, 0.2) is 35.4 Å². The first-order valence-electron chi connectivity index (χ1n) is 5.42. The van der Waals surface area contributed by atoms with Crippen LogP contribution in [0.25, 0.3) is 5.69 Å². The Hall–Kier alpha value is -2.32. The maximum atomic E-state index is 12.7. The van der Waals surface area contributed by atoms with Crippen molar-refractivity contribution in [1.82, 2.24) is 14.8 Å². The van der Waals surface area contributed by atoms with Crippen molar-refractivity contribution in [3.8, 4) is 11.4 Å². The fraction of sp³-hybridized carbons (Fsp3) is 0.273. The van der Waals surface area contributed by atoms with Crippen LogP contribution in [0.3, 0.4) is 0 Å². The molecule has 0 spiro atoms.